The third-order valence-corrected chi connectivity index (χ3v) is 3.51. The fourth-order valence-corrected chi connectivity index (χ4v) is 2.45. The molecule has 0 saturated carbocycles. The number of hydrogen-bond acceptors (Lipinski definition) is 3. The molecule has 1 aliphatic heterocycles. The summed E-state index contributed by atoms with van der Waals surface area (Å²) in [5.74, 6) is 0.587. The van der Waals surface area contributed by atoms with E-state index in [1.165, 1.54) is 0 Å². The zero-order valence-electron chi connectivity index (χ0n) is 12.0. The summed E-state index contributed by atoms with van der Waals surface area (Å²) in [7, 11) is 0. The van der Waals surface area contributed by atoms with Crippen molar-refractivity contribution in [2.24, 2.45) is 5.92 Å². The number of β-amino-alcohol motifs (C(OH)–C–C–N with tert-alkyl or cyclic N) is 1. The summed E-state index contributed by atoms with van der Waals surface area (Å²) in [5, 5.41) is 10.2. The highest BCUT2D eigenvalue weighted by molar-refractivity contribution is 5.17. The van der Waals surface area contributed by atoms with Crippen molar-refractivity contribution in [1.82, 2.24) is 4.90 Å². The van der Waals surface area contributed by atoms with E-state index in [0.29, 0.717) is 18.6 Å². The van der Waals surface area contributed by atoms with Crippen molar-refractivity contribution >= 4 is 0 Å². The van der Waals surface area contributed by atoms with Gasteiger partial charge in [-0.05, 0) is 17.9 Å². The SMILES string of the molecule is CC(C)COC1CCN(CC(O)c2ccccc2)C1. The number of benzene rings is 1. The Balaban J connectivity index is 1.76. The van der Waals surface area contributed by atoms with Gasteiger partial charge in [-0.15, -0.1) is 0 Å². The quantitative estimate of drug-likeness (QED) is 0.856. The predicted octanol–water partition coefficient (Wildman–Crippen LogP) is 2.47. The normalized spacial score (nSPS) is 22.0. The van der Waals surface area contributed by atoms with E-state index in [1.54, 1.807) is 0 Å². The first-order valence-electron chi connectivity index (χ1n) is 7.22. The molecule has 0 aromatic heterocycles. The Hall–Kier alpha value is -0.900. The molecule has 3 nitrogen and oxygen atoms in total. The van der Waals surface area contributed by atoms with Gasteiger partial charge in [0.2, 0.25) is 0 Å². The molecule has 2 rings (SSSR count). The molecule has 19 heavy (non-hydrogen) atoms. The second kappa shape index (κ2) is 7.04. The molecule has 106 valence electrons. The fraction of sp³-hybridized carbons (Fsp3) is 0.625. The van der Waals surface area contributed by atoms with Gasteiger partial charge < -0.3 is 9.84 Å². The Morgan fingerprint density at radius 3 is 2.74 bits per heavy atom. The highest BCUT2D eigenvalue weighted by atomic mass is 16.5. The molecule has 2 atom stereocenters. The number of rotatable bonds is 6. The van der Waals surface area contributed by atoms with E-state index in [-0.39, 0.29) is 0 Å². The molecular weight excluding hydrogens is 238 g/mol. The summed E-state index contributed by atoms with van der Waals surface area (Å²) in [5.41, 5.74) is 0.994. The second-order valence-electron chi connectivity index (χ2n) is 5.82. The average Bonchev–Trinajstić information content (AvgIpc) is 2.85. The van der Waals surface area contributed by atoms with Gasteiger partial charge in [0, 0.05) is 26.2 Å². The van der Waals surface area contributed by atoms with E-state index >= 15 is 0 Å². The van der Waals surface area contributed by atoms with Crippen LogP contribution in [0.15, 0.2) is 30.3 Å². The number of ether oxygens (including phenoxy) is 1. The molecule has 0 amide bonds. The van der Waals surface area contributed by atoms with Crippen molar-refractivity contribution in [3.05, 3.63) is 35.9 Å². The van der Waals surface area contributed by atoms with Crippen LogP contribution in [-0.2, 0) is 4.74 Å². The number of hydrogen-bond donors (Lipinski definition) is 1. The van der Waals surface area contributed by atoms with E-state index < -0.39 is 6.10 Å². The van der Waals surface area contributed by atoms with Gasteiger partial charge in [-0.2, -0.15) is 0 Å². The van der Waals surface area contributed by atoms with E-state index in [4.69, 9.17) is 4.74 Å². The zero-order valence-corrected chi connectivity index (χ0v) is 12.0. The minimum Gasteiger partial charge on any atom is -0.387 e. The Labute approximate surface area is 116 Å². The van der Waals surface area contributed by atoms with E-state index in [0.717, 1.165) is 31.7 Å². The van der Waals surface area contributed by atoms with Crippen molar-refractivity contribution in [3.8, 4) is 0 Å². The maximum atomic E-state index is 10.2. The molecule has 0 bridgehead atoms. The summed E-state index contributed by atoms with van der Waals surface area (Å²) >= 11 is 0. The van der Waals surface area contributed by atoms with E-state index in [2.05, 4.69) is 18.7 Å². The maximum absolute atomic E-state index is 10.2. The van der Waals surface area contributed by atoms with Crippen molar-refractivity contribution in [2.75, 3.05) is 26.2 Å². The molecule has 1 saturated heterocycles. The lowest BCUT2D eigenvalue weighted by Gasteiger charge is -2.20. The van der Waals surface area contributed by atoms with Crippen molar-refractivity contribution < 1.29 is 9.84 Å². The topological polar surface area (TPSA) is 32.7 Å². The smallest absolute Gasteiger partial charge is 0.0916 e. The van der Waals surface area contributed by atoms with Crippen LogP contribution in [0.1, 0.15) is 31.9 Å². The molecule has 0 spiro atoms. The van der Waals surface area contributed by atoms with Crippen molar-refractivity contribution in [1.29, 1.82) is 0 Å². The van der Waals surface area contributed by atoms with Crippen molar-refractivity contribution in [3.63, 3.8) is 0 Å². The Morgan fingerprint density at radius 1 is 1.32 bits per heavy atom. The van der Waals surface area contributed by atoms with Gasteiger partial charge in [0.1, 0.15) is 0 Å². The molecule has 0 radical (unpaired) electrons. The largest absolute Gasteiger partial charge is 0.387 e. The highest BCUT2D eigenvalue weighted by Crippen LogP contribution is 2.19. The highest BCUT2D eigenvalue weighted by Gasteiger charge is 2.25. The van der Waals surface area contributed by atoms with Crippen LogP contribution in [-0.4, -0.2) is 42.4 Å². The molecule has 3 heteroatoms. The Morgan fingerprint density at radius 2 is 2.05 bits per heavy atom. The number of aliphatic hydroxyl groups excluding tert-OH is 1. The third kappa shape index (κ3) is 4.60. The van der Waals surface area contributed by atoms with E-state index in [9.17, 15) is 5.11 Å². The van der Waals surface area contributed by atoms with Gasteiger partial charge in [-0.3, -0.25) is 4.90 Å². The number of nitrogens with zero attached hydrogens (tertiary/aromatic N) is 1. The molecule has 0 aliphatic carbocycles. The molecule has 1 fully saturated rings. The van der Waals surface area contributed by atoms with Gasteiger partial charge in [0.05, 0.1) is 12.2 Å². The number of likely N-dealkylation sites (tertiary alicyclic amines) is 1. The summed E-state index contributed by atoms with van der Waals surface area (Å²) in [6, 6.07) is 9.87. The third-order valence-electron chi connectivity index (χ3n) is 3.51. The van der Waals surface area contributed by atoms with Gasteiger partial charge in [-0.1, -0.05) is 44.2 Å². The minimum atomic E-state index is -0.398. The maximum Gasteiger partial charge on any atom is 0.0916 e. The zero-order chi connectivity index (χ0) is 13.7. The van der Waals surface area contributed by atoms with Crippen LogP contribution in [0.4, 0.5) is 0 Å². The first-order chi connectivity index (χ1) is 9.15. The summed E-state index contributed by atoms with van der Waals surface area (Å²) in [6.45, 7) is 7.84. The van der Waals surface area contributed by atoms with Gasteiger partial charge in [0.25, 0.3) is 0 Å². The van der Waals surface area contributed by atoms with Crippen LogP contribution in [0, 0.1) is 5.92 Å². The minimum absolute atomic E-state index is 0.338. The van der Waals surface area contributed by atoms with Gasteiger partial charge in [0.15, 0.2) is 0 Å². The molecular formula is C16H25NO2. The second-order valence-corrected chi connectivity index (χ2v) is 5.82. The Bertz CT molecular complexity index is 366. The van der Waals surface area contributed by atoms with Gasteiger partial charge in [-0.25, -0.2) is 0 Å². The molecule has 2 unspecified atom stereocenters. The monoisotopic (exact) mass is 263 g/mol. The van der Waals surface area contributed by atoms with E-state index in [1.807, 2.05) is 30.3 Å². The van der Waals surface area contributed by atoms with Gasteiger partial charge >= 0.3 is 0 Å². The fourth-order valence-electron chi connectivity index (χ4n) is 2.45. The van der Waals surface area contributed by atoms with Crippen LogP contribution < -0.4 is 0 Å². The number of aliphatic hydroxyl groups is 1. The molecule has 1 N–H and O–H groups in total. The standard InChI is InChI=1S/C16H25NO2/c1-13(2)12-19-15-8-9-17(10-15)11-16(18)14-6-4-3-5-7-14/h3-7,13,15-16,18H,8-12H2,1-2H3. The summed E-state index contributed by atoms with van der Waals surface area (Å²) < 4.78 is 5.86. The first kappa shape index (κ1) is 14.5. The molecule has 1 aromatic carbocycles. The Kier molecular flexibility index (Phi) is 5.37. The molecule has 1 aromatic rings. The lowest BCUT2D eigenvalue weighted by atomic mass is 10.1. The van der Waals surface area contributed by atoms with Crippen LogP contribution in [0.2, 0.25) is 0 Å². The van der Waals surface area contributed by atoms with Crippen LogP contribution in [0.5, 0.6) is 0 Å². The average molecular weight is 263 g/mol. The first-order valence-corrected chi connectivity index (χ1v) is 7.22. The van der Waals surface area contributed by atoms with Crippen LogP contribution >= 0.6 is 0 Å². The lowest BCUT2D eigenvalue weighted by Crippen LogP contribution is -2.28. The summed E-state index contributed by atoms with van der Waals surface area (Å²) in [6.07, 6.45) is 1.02. The molecule has 1 aliphatic rings. The molecule has 1 heterocycles. The van der Waals surface area contributed by atoms with Crippen molar-refractivity contribution in [2.45, 2.75) is 32.5 Å². The predicted molar refractivity (Wildman–Crippen MR) is 77.0 cm³/mol. The lowest BCUT2D eigenvalue weighted by molar-refractivity contribution is 0.0373. The summed E-state index contributed by atoms with van der Waals surface area (Å²) in [4.78, 5) is 2.29. The van der Waals surface area contributed by atoms with Crippen LogP contribution in [0.3, 0.4) is 0 Å². The van der Waals surface area contributed by atoms with Crippen LogP contribution in [0.25, 0.3) is 0 Å².